The highest BCUT2D eigenvalue weighted by molar-refractivity contribution is 8.00. The van der Waals surface area contributed by atoms with Gasteiger partial charge in [0.1, 0.15) is 10.9 Å². The molecule has 2 aromatic carbocycles. The maximum atomic E-state index is 13.5. The van der Waals surface area contributed by atoms with Crippen LogP contribution >= 0.6 is 11.8 Å². The molecule has 30 heavy (non-hydrogen) atoms. The largest absolute Gasteiger partial charge is 0.379 e. The number of ether oxygens (including phenoxy) is 1. The zero-order valence-electron chi connectivity index (χ0n) is 16.5. The summed E-state index contributed by atoms with van der Waals surface area (Å²) in [6.07, 6.45) is 0. The lowest BCUT2D eigenvalue weighted by Crippen LogP contribution is -2.36. The molecule has 0 spiro atoms. The van der Waals surface area contributed by atoms with E-state index in [2.05, 4.69) is 9.88 Å². The number of aromatic nitrogens is 2. The van der Waals surface area contributed by atoms with Crippen LogP contribution in [0.15, 0.2) is 47.5 Å². The SMILES string of the molecule is C[C@@H](Sc1nc(CN2CCOCC2)nc2ccccc12)C(=O)c1ccc(F)c(F)c1. The van der Waals surface area contributed by atoms with E-state index in [-0.39, 0.29) is 11.3 Å². The number of fused-ring (bicyclic) bond motifs is 1. The molecule has 1 atom stereocenters. The third-order valence-corrected chi connectivity index (χ3v) is 6.05. The number of carbonyl (C=O) groups is 1. The Bertz CT molecular complexity index is 1070. The van der Waals surface area contributed by atoms with Crippen molar-refractivity contribution in [2.24, 2.45) is 0 Å². The summed E-state index contributed by atoms with van der Waals surface area (Å²) in [6, 6.07) is 10.9. The molecule has 0 unspecified atom stereocenters. The Hall–Kier alpha value is -2.42. The summed E-state index contributed by atoms with van der Waals surface area (Å²) < 4.78 is 32.1. The van der Waals surface area contributed by atoms with Gasteiger partial charge in [0.15, 0.2) is 17.4 Å². The van der Waals surface area contributed by atoms with Gasteiger partial charge in [-0.1, -0.05) is 30.0 Å². The lowest BCUT2D eigenvalue weighted by atomic mass is 10.1. The first-order chi connectivity index (χ1) is 14.5. The summed E-state index contributed by atoms with van der Waals surface area (Å²) in [5, 5.41) is 1.04. The maximum Gasteiger partial charge on any atom is 0.176 e. The van der Waals surface area contributed by atoms with Crippen LogP contribution in [0, 0.1) is 11.6 Å². The van der Waals surface area contributed by atoms with Crippen LogP contribution in [0.3, 0.4) is 0 Å². The number of ketones is 1. The van der Waals surface area contributed by atoms with Gasteiger partial charge in [0, 0.05) is 24.0 Å². The molecule has 4 rings (SSSR count). The highest BCUT2D eigenvalue weighted by Crippen LogP contribution is 2.30. The second kappa shape index (κ2) is 9.16. The van der Waals surface area contributed by atoms with Crippen LogP contribution < -0.4 is 0 Å². The second-order valence-electron chi connectivity index (χ2n) is 7.10. The van der Waals surface area contributed by atoms with Crippen LogP contribution in [0.2, 0.25) is 0 Å². The summed E-state index contributed by atoms with van der Waals surface area (Å²) in [6.45, 7) is 5.37. The van der Waals surface area contributed by atoms with Gasteiger partial charge in [-0.15, -0.1) is 0 Å². The van der Waals surface area contributed by atoms with Gasteiger partial charge >= 0.3 is 0 Å². The Morgan fingerprint density at radius 3 is 2.67 bits per heavy atom. The fraction of sp³-hybridized carbons (Fsp3) is 0.318. The van der Waals surface area contributed by atoms with Gasteiger partial charge in [-0.25, -0.2) is 18.7 Å². The van der Waals surface area contributed by atoms with Crippen molar-refractivity contribution >= 4 is 28.4 Å². The van der Waals surface area contributed by atoms with Gasteiger partial charge in [0.2, 0.25) is 0 Å². The average molecular weight is 429 g/mol. The Kier molecular flexibility index (Phi) is 6.36. The number of halogens is 2. The van der Waals surface area contributed by atoms with Gasteiger partial charge < -0.3 is 4.74 Å². The molecule has 0 bridgehead atoms. The van der Waals surface area contributed by atoms with E-state index in [9.17, 15) is 13.6 Å². The highest BCUT2D eigenvalue weighted by Gasteiger charge is 2.21. The van der Waals surface area contributed by atoms with Crippen LogP contribution in [0.5, 0.6) is 0 Å². The molecule has 0 saturated carbocycles. The Morgan fingerprint density at radius 2 is 1.90 bits per heavy atom. The molecular weight excluding hydrogens is 408 g/mol. The molecule has 0 aliphatic carbocycles. The highest BCUT2D eigenvalue weighted by atomic mass is 32.2. The lowest BCUT2D eigenvalue weighted by molar-refractivity contribution is 0.0330. The second-order valence-corrected chi connectivity index (χ2v) is 8.43. The lowest BCUT2D eigenvalue weighted by Gasteiger charge is -2.26. The monoisotopic (exact) mass is 429 g/mol. The summed E-state index contributed by atoms with van der Waals surface area (Å²) in [5.41, 5.74) is 0.950. The summed E-state index contributed by atoms with van der Waals surface area (Å²) >= 11 is 1.30. The van der Waals surface area contributed by atoms with Crippen molar-refractivity contribution in [1.29, 1.82) is 0 Å². The molecule has 1 aliphatic rings. The first-order valence-corrected chi connectivity index (χ1v) is 10.6. The van der Waals surface area contributed by atoms with Crippen molar-refractivity contribution in [3.8, 4) is 0 Å². The van der Waals surface area contributed by atoms with E-state index in [0.717, 1.165) is 36.1 Å². The number of benzene rings is 2. The molecule has 1 aliphatic heterocycles. The minimum Gasteiger partial charge on any atom is -0.379 e. The molecular formula is C22H21F2N3O2S. The van der Waals surface area contributed by atoms with Crippen LogP contribution in [0.25, 0.3) is 10.9 Å². The molecule has 2 heterocycles. The van der Waals surface area contributed by atoms with Crippen molar-refractivity contribution in [2.45, 2.75) is 23.7 Å². The molecule has 1 saturated heterocycles. The van der Waals surface area contributed by atoms with Crippen LogP contribution in [0.1, 0.15) is 23.1 Å². The summed E-state index contributed by atoms with van der Waals surface area (Å²) in [7, 11) is 0. The zero-order chi connectivity index (χ0) is 21.1. The summed E-state index contributed by atoms with van der Waals surface area (Å²) in [4.78, 5) is 24.4. The fourth-order valence-electron chi connectivity index (χ4n) is 3.32. The molecule has 5 nitrogen and oxygen atoms in total. The van der Waals surface area contributed by atoms with Crippen LogP contribution in [-0.4, -0.2) is 52.2 Å². The van der Waals surface area contributed by atoms with Crippen molar-refractivity contribution in [1.82, 2.24) is 14.9 Å². The predicted molar refractivity (Wildman–Crippen MR) is 112 cm³/mol. The van der Waals surface area contributed by atoms with Gasteiger partial charge in [-0.2, -0.15) is 0 Å². The van der Waals surface area contributed by atoms with Gasteiger partial charge in [-0.05, 0) is 31.2 Å². The quantitative estimate of drug-likeness (QED) is 0.334. The van der Waals surface area contributed by atoms with Crippen molar-refractivity contribution in [3.05, 3.63) is 65.5 Å². The third-order valence-electron chi connectivity index (χ3n) is 4.95. The topological polar surface area (TPSA) is 55.3 Å². The minimum absolute atomic E-state index is 0.140. The Morgan fingerprint density at radius 1 is 1.13 bits per heavy atom. The van der Waals surface area contributed by atoms with E-state index in [0.29, 0.717) is 30.6 Å². The number of hydrogen-bond acceptors (Lipinski definition) is 6. The van der Waals surface area contributed by atoms with Crippen LogP contribution in [0.4, 0.5) is 8.78 Å². The molecule has 0 amide bonds. The number of Topliss-reactive ketones (excluding diaryl/α,β-unsaturated/α-hetero) is 1. The first-order valence-electron chi connectivity index (χ1n) is 9.73. The average Bonchev–Trinajstić information content (AvgIpc) is 2.76. The number of morpholine rings is 1. The van der Waals surface area contributed by atoms with Crippen molar-refractivity contribution < 1.29 is 18.3 Å². The fourth-order valence-corrected chi connectivity index (χ4v) is 4.35. The molecule has 8 heteroatoms. The number of hydrogen-bond donors (Lipinski definition) is 0. The number of thioether (sulfide) groups is 1. The normalized spacial score (nSPS) is 16.0. The standard InChI is InChI=1S/C22H21F2N3O2S/c1-14(21(28)15-6-7-17(23)18(24)12-15)30-22-16-4-2-3-5-19(16)25-20(26-22)13-27-8-10-29-11-9-27/h2-7,12,14H,8-11,13H2,1H3/t14-/m1/s1. The number of carbonyl (C=O) groups excluding carboxylic acids is 1. The van der Waals surface area contributed by atoms with E-state index in [1.165, 1.54) is 17.8 Å². The van der Waals surface area contributed by atoms with E-state index in [1.54, 1.807) is 6.92 Å². The minimum atomic E-state index is -1.03. The number of nitrogens with zero attached hydrogens (tertiary/aromatic N) is 3. The Labute approximate surface area is 177 Å². The number of para-hydroxylation sites is 1. The van der Waals surface area contributed by atoms with Crippen LogP contribution in [-0.2, 0) is 11.3 Å². The van der Waals surface area contributed by atoms with Crippen molar-refractivity contribution in [2.75, 3.05) is 26.3 Å². The molecule has 0 radical (unpaired) electrons. The molecule has 0 N–H and O–H groups in total. The predicted octanol–water partition coefficient (Wildman–Crippen LogP) is 4.10. The third kappa shape index (κ3) is 4.66. The van der Waals surface area contributed by atoms with Gasteiger partial charge in [-0.3, -0.25) is 9.69 Å². The smallest absolute Gasteiger partial charge is 0.176 e. The molecule has 1 fully saturated rings. The van der Waals surface area contributed by atoms with E-state index >= 15 is 0 Å². The van der Waals surface area contributed by atoms with Gasteiger partial charge in [0.05, 0.1) is 30.5 Å². The van der Waals surface area contributed by atoms with E-state index in [1.807, 2.05) is 24.3 Å². The molecule has 156 valence electrons. The Balaban J connectivity index is 1.60. The van der Waals surface area contributed by atoms with E-state index in [4.69, 9.17) is 9.72 Å². The van der Waals surface area contributed by atoms with Gasteiger partial charge in [0.25, 0.3) is 0 Å². The zero-order valence-corrected chi connectivity index (χ0v) is 17.3. The molecule has 3 aromatic rings. The summed E-state index contributed by atoms with van der Waals surface area (Å²) in [5.74, 6) is -1.60. The van der Waals surface area contributed by atoms with E-state index < -0.39 is 16.9 Å². The first kappa shape index (κ1) is 20.8. The van der Waals surface area contributed by atoms with Crippen molar-refractivity contribution in [3.63, 3.8) is 0 Å². The molecule has 1 aromatic heterocycles. The maximum absolute atomic E-state index is 13.5. The number of rotatable bonds is 6.